The number of amides is 2. The number of urea groups is 1. The number of thioether (sulfide) groups is 1. The predicted octanol–water partition coefficient (Wildman–Crippen LogP) is 4.15. The molecular weight excluding hydrogens is 296 g/mol. The minimum absolute atomic E-state index is 0.297. The molecule has 2 amide bonds. The smallest absolute Gasteiger partial charge is 0.306 e. The summed E-state index contributed by atoms with van der Waals surface area (Å²) >= 11 is 1.87. The van der Waals surface area contributed by atoms with Crippen LogP contribution in [0.15, 0.2) is 54.6 Å². The van der Waals surface area contributed by atoms with E-state index in [-0.39, 0.29) is 6.03 Å². The summed E-state index contributed by atoms with van der Waals surface area (Å²) in [7, 11) is 3.01. The second kappa shape index (κ2) is 8.46. The highest BCUT2D eigenvalue weighted by molar-refractivity contribution is 7.97. The van der Waals surface area contributed by atoms with Gasteiger partial charge in [-0.3, -0.25) is 4.84 Å². The number of rotatable bonds is 6. The summed E-state index contributed by atoms with van der Waals surface area (Å²) in [5.74, 6) is 1.94. The minimum Gasteiger partial charge on any atom is -0.306 e. The standard InChI is InChI=1S/C17H20N2O2S/c1-19(21-2)17(20)18-16-10-8-15(9-11-16)13-22-12-14-6-4-3-5-7-14/h3-11H,12-13H2,1-2H3,(H,18,20). The summed E-state index contributed by atoms with van der Waals surface area (Å²) in [6.45, 7) is 0. The summed E-state index contributed by atoms with van der Waals surface area (Å²) in [4.78, 5) is 16.5. The third kappa shape index (κ3) is 5.09. The third-order valence-corrected chi connectivity index (χ3v) is 4.22. The van der Waals surface area contributed by atoms with Crippen LogP contribution in [0.25, 0.3) is 0 Å². The highest BCUT2D eigenvalue weighted by Crippen LogP contribution is 2.19. The number of nitrogens with zero attached hydrogens (tertiary/aromatic N) is 1. The summed E-state index contributed by atoms with van der Waals surface area (Å²) < 4.78 is 0. The number of nitrogens with one attached hydrogen (secondary N) is 1. The molecule has 0 spiro atoms. The second-order valence-corrected chi connectivity index (χ2v) is 5.77. The maximum atomic E-state index is 11.6. The first kappa shape index (κ1) is 16.4. The van der Waals surface area contributed by atoms with Gasteiger partial charge >= 0.3 is 6.03 Å². The Morgan fingerprint density at radius 2 is 1.64 bits per heavy atom. The van der Waals surface area contributed by atoms with Crippen LogP contribution in [0.5, 0.6) is 0 Å². The van der Waals surface area contributed by atoms with Gasteiger partial charge in [0, 0.05) is 24.2 Å². The molecule has 1 N–H and O–H groups in total. The van der Waals surface area contributed by atoms with Crippen molar-refractivity contribution >= 4 is 23.5 Å². The van der Waals surface area contributed by atoms with E-state index in [1.54, 1.807) is 7.05 Å². The van der Waals surface area contributed by atoms with Crippen LogP contribution in [0, 0.1) is 0 Å². The molecule has 2 aromatic carbocycles. The Hall–Kier alpha value is -1.98. The van der Waals surface area contributed by atoms with E-state index in [0.717, 1.165) is 22.3 Å². The molecule has 0 aliphatic rings. The largest absolute Gasteiger partial charge is 0.345 e. The molecule has 2 aromatic rings. The van der Waals surface area contributed by atoms with Crippen molar-refractivity contribution in [2.24, 2.45) is 0 Å². The van der Waals surface area contributed by atoms with Gasteiger partial charge in [0.05, 0.1) is 7.11 Å². The molecule has 0 radical (unpaired) electrons. The van der Waals surface area contributed by atoms with Crippen LogP contribution >= 0.6 is 11.8 Å². The van der Waals surface area contributed by atoms with Gasteiger partial charge < -0.3 is 5.32 Å². The van der Waals surface area contributed by atoms with E-state index in [9.17, 15) is 4.79 Å². The zero-order chi connectivity index (χ0) is 15.8. The van der Waals surface area contributed by atoms with Gasteiger partial charge in [-0.25, -0.2) is 9.86 Å². The van der Waals surface area contributed by atoms with Crippen molar-refractivity contribution in [3.05, 3.63) is 65.7 Å². The predicted molar refractivity (Wildman–Crippen MR) is 91.7 cm³/mol. The average molecular weight is 316 g/mol. The molecule has 0 aliphatic heterocycles. The van der Waals surface area contributed by atoms with E-state index in [0.29, 0.717) is 0 Å². The lowest BCUT2D eigenvalue weighted by Gasteiger charge is -2.14. The molecule has 0 saturated carbocycles. The fraction of sp³-hybridized carbons (Fsp3) is 0.235. The van der Waals surface area contributed by atoms with Gasteiger partial charge in [-0.15, -0.1) is 0 Å². The number of hydrogen-bond donors (Lipinski definition) is 1. The van der Waals surface area contributed by atoms with E-state index in [4.69, 9.17) is 4.84 Å². The fourth-order valence-corrected chi connectivity index (χ4v) is 2.79. The normalized spacial score (nSPS) is 10.3. The zero-order valence-corrected chi connectivity index (χ0v) is 13.6. The number of carbonyl (C=O) groups is 1. The molecule has 0 atom stereocenters. The number of carbonyl (C=O) groups excluding carboxylic acids is 1. The van der Waals surface area contributed by atoms with Crippen LogP contribution in [0.4, 0.5) is 10.5 Å². The Kier molecular flexibility index (Phi) is 6.30. The van der Waals surface area contributed by atoms with Crippen molar-refractivity contribution in [3.8, 4) is 0 Å². The number of hydrogen-bond acceptors (Lipinski definition) is 3. The molecule has 22 heavy (non-hydrogen) atoms. The monoisotopic (exact) mass is 316 g/mol. The Bertz CT molecular complexity index is 587. The topological polar surface area (TPSA) is 41.6 Å². The number of hydroxylamine groups is 2. The Morgan fingerprint density at radius 1 is 1.05 bits per heavy atom. The van der Waals surface area contributed by atoms with Crippen molar-refractivity contribution in [2.75, 3.05) is 19.5 Å². The van der Waals surface area contributed by atoms with Gasteiger partial charge in [0.15, 0.2) is 0 Å². The average Bonchev–Trinajstić information content (AvgIpc) is 2.56. The van der Waals surface area contributed by atoms with Crippen molar-refractivity contribution in [1.82, 2.24) is 5.06 Å². The highest BCUT2D eigenvalue weighted by atomic mass is 32.2. The first-order valence-electron chi connectivity index (χ1n) is 6.98. The van der Waals surface area contributed by atoms with Crippen LogP contribution in [0.1, 0.15) is 11.1 Å². The van der Waals surface area contributed by atoms with E-state index in [1.165, 1.54) is 18.2 Å². The SMILES string of the molecule is CON(C)C(=O)Nc1ccc(CSCc2ccccc2)cc1. The molecule has 0 fully saturated rings. The number of benzene rings is 2. The molecule has 5 heteroatoms. The molecule has 0 aliphatic carbocycles. The van der Waals surface area contributed by atoms with Crippen LogP contribution in [-0.4, -0.2) is 25.3 Å². The molecule has 0 heterocycles. The highest BCUT2D eigenvalue weighted by Gasteiger charge is 2.07. The Morgan fingerprint density at radius 3 is 2.23 bits per heavy atom. The molecule has 4 nitrogen and oxygen atoms in total. The maximum absolute atomic E-state index is 11.6. The quantitative estimate of drug-likeness (QED) is 0.814. The molecule has 0 bridgehead atoms. The summed E-state index contributed by atoms with van der Waals surface area (Å²) in [6.07, 6.45) is 0. The molecular formula is C17H20N2O2S. The van der Waals surface area contributed by atoms with E-state index in [2.05, 4.69) is 29.6 Å². The van der Waals surface area contributed by atoms with Gasteiger partial charge in [-0.05, 0) is 23.3 Å². The maximum Gasteiger partial charge on any atom is 0.345 e. The third-order valence-electron chi connectivity index (χ3n) is 3.15. The van der Waals surface area contributed by atoms with Gasteiger partial charge in [0.2, 0.25) is 0 Å². The zero-order valence-electron chi connectivity index (χ0n) is 12.8. The van der Waals surface area contributed by atoms with E-state index >= 15 is 0 Å². The first-order chi connectivity index (χ1) is 10.7. The van der Waals surface area contributed by atoms with Gasteiger partial charge in [0.1, 0.15) is 0 Å². The molecule has 0 unspecified atom stereocenters. The minimum atomic E-state index is -0.297. The molecule has 0 aromatic heterocycles. The fourth-order valence-electron chi connectivity index (χ4n) is 1.83. The van der Waals surface area contributed by atoms with Crippen molar-refractivity contribution in [3.63, 3.8) is 0 Å². The summed E-state index contributed by atoms with van der Waals surface area (Å²) in [5, 5.41) is 3.90. The second-order valence-electron chi connectivity index (χ2n) is 4.79. The van der Waals surface area contributed by atoms with Crippen LogP contribution in [0.3, 0.4) is 0 Å². The molecule has 0 saturated heterocycles. The van der Waals surface area contributed by atoms with Crippen LogP contribution < -0.4 is 5.32 Å². The number of anilines is 1. The lowest BCUT2D eigenvalue weighted by molar-refractivity contribution is -0.0598. The Balaban J connectivity index is 1.80. The van der Waals surface area contributed by atoms with E-state index < -0.39 is 0 Å². The summed E-state index contributed by atoms with van der Waals surface area (Å²) in [6, 6.07) is 18.0. The Labute approximate surface area is 135 Å². The lowest BCUT2D eigenvalue weighted by atomic mass is 10.2. The van der Waals surface area contributed by atoms with Crippen LogP contribution in [-0.2, 0) is 16.3 Å². The van der Waals surface area contributed by atoms with Gasteiger partial charge in [-0.2, -0.15) is 11.8 Å². The van der Waals surface area contributed by atoms with Gasteiger partial charge in [0.25, 0.3) is 0 Å². The van der Waals surface area contributed by atoms with Crippen molar-refractivity contribution < 1.29 is 9.63 Å². The van der Waals surface area contributed by atoms with Crippen LogP contribution in [0.2, 0.25) is 0 Å². The lowest BCUT2D eigenvalue weighted by Crippen LogP contribution is -2.30. The molecule has 116 valence electrons. The first-order valence-corrected chi connectivity index (χ1v) is 8.14. The van der Waals surface area contributed by atoms with Gasteiger partial charge in [-0.1, -0.05) is 42.5 Å². The molecule has 2 rings (SSSR count). The van der Waals surface area contributed by atoms with Crippen molar-refractivity contribution in [2.45, 2.75) is 11.5 Å². The summed E-state index contributed by atoms with van der Waals surface area (Å²) in [5.41, 5.74) is 3.32. The van der Waals surface area contributed by atoms with Crippen molar-refractivity contribution in [1.29, 1.82) is 0 Å². The van der Waals surface area contributed by atoms with E-state index in [1.807, 2.05) is 42.1 Å².